The summed E-state index contributed by atoms with van der Waals surface area (Å²) < 4.78 is 33.1. The Morgan fingerprint density at radius 1 is 1.13 bits per heavy atom. The van der Waals surface area contributed by atoms with Gasteiger partial charge in [-0.1, -0.05) is 17.7 Å². The molecular weight excluding hydrogens is 412 g/mol. The predicted octanol–water partition coefficient (Wildman–Crippen LogP) is 5.20. The number of methoxy groups -OCH3 is 1. The fourth-order valence-electron chi connectivity index (χ4n) is 3.24. The molecule has 2 heterocycles. The van der Waals surface area contributed by atoms with Crippen LogP contribution in [-0.4, -0.2) is 17.1 Å². The Labute approximate surface area is 175 Å². The monoisotopic (exact) mass is 427 g/mol. The van der Waals surface area contributed by atoms with E-state index in [1.165, 1.54) is 12.1 Å². The molecule has 0 aliphatic carbocycles. The minimum Gasteiger partial charge on any atom is -0.495 e. The van der Waals surface area contributed by atoms with Crippen molar-refractivity contribution in [2.75, 3.05) is 12.0 Å². The van der Waals surface area contributed by atoms with E-state index in [-0.39, 0.29) is 12.1 Å². The minimum atomic E-state index is -1.09. The fourth-order valence-corrected chi connectivity index (χ4v) is 3.42. The average molecular weight is 428 g/mol. The second-order valence-electron chi connectivity index (χ2n) is 6.56. The van der Waals surface area contributed by atoms with Crippen molar-refractivity contribution in [2.24, 2.45) is 0 Å². The first-order valence-electron chi connectivity index (χ1n) is 8.99. The molecule has 0 fully saturated rings. The number of fused-ring (bicyclic) bond motifs is 1. The van der Waals surface area contributed by atoms with Gasteiger partial charge in [0.1, 0.15) is 11.6 Å². The number of halogens is 3. The summed E-state index contributed by atoms with van der Waals surface area (Å²) in [7, 11) is 1.54. The van der Waals surface area contributed by atoms with Gasteiger partial charge in [0.2, 0.25) is 5.56 Å². The number of nitrogens with zero attached hydrogens (tertiary/aromatic N) is 2. The molecule has 0 unspecified atom stereocenters. The molecule has 0 amide bonds. The van der Waals surface area contributed by atoms with Crippen LogP contribution < -0.4 is 15.2 Å². The zero-order valence-corrected chi connectivity index (χ0v) is 16.6. The first-order valence-corrected chi connectivity index (χ1v) is 9.37. The summed E-state index contributed by atoms with van der Waals surface area (Å²) in [5.74, 6) is -0.972. The fraction of sp³-hybridized carbons (Fsp3) is 0.0909. The highest BCUT2D eigenvalue weighted by Gasteiger charge is 2.17. The number of pyridine rings is 2. The van der Waals surface area contributed by atoms with Gasteiger partial charge in [-0.15, -0.1) is 0 Å². The molecule has 0 aliphatic rings. The lowest BCUT2D eigenvalue weighted by Gasteiger charge is -2.25. The highest BCUT2D eigenvalue weighted by atomic mass is 35.5. The van der Waals surface area contributed by atoms with Gasteiger partial charge in [-0.25, -0.2) is 13.8 Å². The van der Waals surface area contributed by atoms with Crippen molar-refractivity contribution in [1.82, 2.24) is 9.97 Å². The maximum Gasteiger partial charge on any atom is 0.248 e. The quantitative estimate of drug-likeness (QED) is 0.475. The number of anilines is 2. The van der Waals surface area contributed by atoms with Crippen LogP contribution in [-0.2, 0) is 6.54 Å². The molecule has 2 aromatic carbocycles. The maximum absolute atomic E-state index is 14.3. The summed E-state index contributed by atoms with van der Waals surface area (Å²) in [5.41, 5.74) is 0.517. The molecular formula is C22H16ClF2N3O2. The van der Waals surface area contributed by atoms with Gasteiger partial charge < -0.3 is 14.6 Å². The molecule has 0 bridgehead atoms. The molecule has 0 spiro atoms. The van der Waals surface area contributed by atoms with Crippen molar-refractivity contribution in [3.8, 4) is 5.75 Å². The SMILES string of the molecule is COc1ccc(N(Cc2cc(=O)[nH]c3c(F)c(F)ccc23)c2cccc(Cl)c2)nc1. The molecule has 152 valence electrons. The van der Waals surface area contributed by atoms with Crippen LogP contribution in [0.2, 0.25) is 5.02 Å². The van der Waals surface area contributed by atoms with Crippen molar-refractivity contribution >= 4 is 34.0 Å². The van der Waals surface area contributed by atoms with Crippen molar-refractivity contribution in [3.05, 3.63) is 93.4 Å². The first kappa shape index (κ1) is 19.8. The van der Waals surface area contributed by atoms with E-state index in [0.717, 1.165) is 11.8 Å². The zero-order chi connectivity index (χ0) is 21.3. The average Bonchev–Trinajstić information content (AvgIpc) is 2.75. The Morgan fingerprint density at radius 2 is 1.97 bits per heavy atom. The van der Waals surface area contributed by atoms with Gasteiger partial charge >= 0.3 is 0 Å². The molecule has 0 radical (unpaired) electrons. The molecule has 30 heavy (non-hydrogen) atoms. The van der Waals surface area contributed by atoms with Crippen molar-refractivity contribution < 1.29 is 13.5 Å². The lowest BCUT2D eigenvalue weighted by molar-refractivity contribution is 0.413. The van der Waals surface area contributed by atoms with Gasteiger partial charge in [0.25, 0.3) is 0 Å². The number of hydrogen-bond acceptors (Lipinski definition) is 4. The van der Waals surface area contributed by atoms with E-state index in [9.17, 15) is 13.6 Å². The number of aromatic nitrogens is 2. The van der Waals surface area contributed by atoms with Gasteiger partial charge in [0, 0.05) is 22.2 Å². The van der Waals surface area contributed by atoms with Gasteiger partial charge in [-0.2, -0.15) is 0 Å². The lowest BCUT2D eigenvalue weighted by Crippen LogP contribution is -2.20. The molecule has 2 aromatic heterocycles. The molecule has 4 aromatic rings. The van der Waals surface area contributed by atoms with Crippen LogP contribution in [0.25, 0.3) is 10.9 Å². The highest BCUT2D eigenvalue weighted by molar-refractivity contribution is 6.30. The van der Waals surface area contributed by atoms with Gasteiger partial charge in [0.15, 0.2) is 11.6 Å². The third kappa shape index (κ3) is 3.84. The van der Waals surface area contributed by atoms with Crippen molar-refractivity contribution in [2.45, 2.75) is 6.54 Å². The van der Waals surface area contributed by atoms with Crippen molar-refractivity contribution in [1.29, 1.82) is 0 Å². The van der Waals surface area contributed by atoms with Gasteiger partial charge in [0.05, 0.1) is 25.4 Å². The highest BCUT2D eigenvalue weighted by Crippen LogP contribution is 2.31. The smallest absolute Gasteiger partial charge is 0.248 e. The number of hydrogen-bond donors (Lipinski definition) is 1. The molecule has 0 aliphatic heterocycles. The van der Waals surface area contributed by atoms with Crippen LogP contribution in [0.15, 0.2) is 65.6 Å². The van der Waals surface area contributed by atoms with Crippen LogP contribution in [0.4, 0.5) is 20.3 Å². The largest absolute Gasteiger partial charge is 0.495 e. The molecule has 4 rings (SSSR count). The van der Waals surface area contributed by atoms with E-state index in [1.54, 1.807) is 43.6 Å². The summed E-state index contributed by atoms with van der Waals surface area (Å²) in [4.78, 5) is 20.8. The first-order chi connectivity index (χ1) is 14.5. The summed E-state index contributed by atoms with van der Waals surface area (Å²) in [6.45, 7) is 0.172. The number of nitrogens with one attached hydrogen (secondary N) is 1. The maximum atomic E-state index is 14.3. The van der Waals surface area contributed by atoms with Gasteiger partial charge in [-0.3, -0.25) is 4.79 Å². The Morgan fingerprint density at radius 3 is 2.67 bits per heavy atom. The molecule has 8 heteroatoms. The number of H-pyrrole nitrogens is 1. The van der Waals surface area contributed by atoms with Crippen LogP contribution in [0.5, 0.6) is 5.75 Å². The zero-order valence-electron chi connectivity index (χ0n) is 15.8. The summed E-state index contributed by atoms with van der Waals surface area (Å²) >= 11 is 6.17. The molecule has 5 nitrogen and oxygen atoms in total. The Kier molecular flexibility index (Phi) is 5.37. The second kappa shape index (κ2) is 8.12. The Balaban J connectivity index is 1.86. The van der Waals surface area contributed by atoms with Crippen LogP contribution in [0.1, 0.15) is 5.56 Å². The third-order valence-electron chi connectivity index (χ3n) is 4.68. The minimum absolute atomic E-state index is 0.172. The molecule has 0 atom stereocenters. The number of benzene rings is 2. The standard InChI is InChI=1S/C22H16ClF2N3O2/c1-30-16-5-8-19(26-11-16)28(15-4-2-3-14(23)10-15)12-13-9-20(29)27-22-17(13)6-7-18(24)21(22)25/h2-11H,12H2,1H3,(H,27,29). The number of ether oxygens (including phenoxy) is 1. The molecule has 0 saturated carbocycles. The van der Waals surface area contributed by atoms with Crippen LogP contribution in [0.3, 0.4) is 0 Å². The van der Waals surface area contributed by atoms with Gasteiger partial charge in [-0.05, 0) is 48.0 Å². The number of rotatable bonds is 5. The topological polar surface area (TPSA) is 58.2 Å². The van der Waals surface area contributed by atoms with E-state index in [1.807, 2.05) is 11.0 Å². The molecule has 0 saturated heterocycles. The van der Waals surface area contributed by atoms with Crippen LogP contribution >= 0.6 is 11.6 Å². The van der Waals surface area contributed by atoms with E-state index >= 15 is 0 Å². The Hall–Kier alpha value is -3.45. The van der Waals surface area contributed by atoms with E-state index in [4.69, 9.17) is 16.3 Å². The number of aromatic amines is 1. The normalized spacial score (nSPS) is 10.9. The third-order valence-corrected chi connectivity index (χ3v) is 4.91. The van der Waals surface area contributed by atoms with Crippen molar-refractivity contribution in [3.63, 3.8) is 0 Å². The second-order valence-corrected chi connectivity index (χ2v) is 7.00. The predicted molar refractivity (Wildman–Crippen MR) is 113 cm³/mol. The summed E-state index contributed by atoms with van der Waals surface area (Å²) in [5, 5.41) is 0.920. The molecule has 1 N–H and O–H groups in total. The van der Waals surface area contributed by atoms with E-state index in [0.29, 0.717) is 27.5 Å². The Bertz CT molecular complexity index is 1280. The van der Waals surface area contributed by atoms with E-state index < -0.39 is 17.2 Å². The summed E-state index contributed by atoms with van der Waals surface area (Å²) in [6.07, 6.45) is 1.57. The van der Waals surface area contributed by atoms with E-state index in [2.05, 4.69) is 9.97 Å². The van der Waals surface area contributed by atoms with Crippen LogP contribution in [0, 0.1) is 11.6 Å². The summed E-state index contributed by atoms with van der Waals surface area (Å²) in [6, 6.07) is 14.5. The lowest BCUT2D eigenvalue weighted by atomic mass is 10.1.